The number of hydrogen-bond donors (Lipinski definition) is 2. The van der Waals surface area contributed by atoms with Crippen LogP contribution in [0.3, 0.4) is 0 Å². The summed E-state index contributed by atoms with van der Waals surface area (Å²) in [7, 11) is 0. The van der Waals surface area contributed by atoms with Crippen LogP contribution in [0.25, 0.3) is 0 Å². The number of hydrogen-bond acceptors (Lipinski definition) is 4. The molecular weight excluding hydrogens is 511 g/mol. The second-order valence-corrected chi connectivity index (χ2v) is 9.63. The van der Waals surface area contributed by atoms with E-state index in [9.17, 15) is 0 Å². The van der Waals surface area contributed by atoms with E-state index < -0.39 is 0 Å². The summed E-state index contributed by atoms with van der Waals surface area (Å²) >= 11 is 16.2. The fourth-order valence-corrected chi connectivity index (χ4v) is 3.82. The summed E-state index contributed by atoms with van der Waals surface area (Å²) in [5, 5.41) is 8.07. The molecule has 0 bridgehead atoms. The van der Waals surface area contributed by atoms with E-state index >= 15 is 0 Å². The number of nitrogens with one attached hydrogen (secondary N) is 2. The number of alkyl halides is 1. The summed E-state index contributed by atoms with van der Waals surface area (Å²) in [5.41, 5.74) is 2.59. The molecule has 0 amide bonds. The molecule has 36 heavy (non-hydrogen) atoms. The maximum Gasteiger partial charge on any atom is 0.101 e. The molecule has 0 aromatic rings. The predicted molar refractivity (Wildman–Crippen MR) is 167 cm³/mol. The van der Waals surface area contributed by atoms with Gasteiger partial charge in [0.05, 0.1) is 0 Å². The highest BCUT2D eigenvalue weighted by Crippen LogP contribution is 2.24. The molecule has 1 fully saturated rings. The van der Waals surface area contributed by atoms with Gasteiger partial charge in [0, 0.05) is 53.9 Å². The lowest BCUT2D eigenvalue weighted by Crippen LogP contribution is -2.45. The number of halogens is 3. The smallest absolute Gasteiger partial charge is 0.101 e. The Bertz CT molecular complexity index is 655. The lowest BCUT2D eigenvalue weighted by atomic mass is 9.91. The first-order valence-corrected chi connectivity index (χ1v) is 14.9. The molecule has 3 atom stereocenters. The van der Waals surface area contributed by atoms with Crippen molar-refractivity contribution >= 4 is 41.0 Å². The number of rotatable bonds is 15. The summed E-state index contributed by atoms with van der Waals surface area (Å²) in [5.74, 6) is 0.503. The highest BCUT2D eigenvalue weighted by Gasteiger charge is 2.23. The Balaban J connectivity index is 0. The first-order valence-electron chi connectivity index (χ1n) is 13.5. The van der Waals surface area contributed by atoms with E-state index in [4.69, 9.17) is 39.8 Å². The maximum absolute atomic E-state index is 6.05. The average Bonchev–Trinajstić information content (AvgIpc) is 2.85. The van der Waals surface area contributed by atoms with Gasteiger partial charge in [0.2, 0.25) is 0 Å². The van der Waals surface area contributed by atoms with Crippen molar-refractivity contribution < 1.29 is 0 Å². The second kappa shape index (κ2) is 26.0. The van der Waals surface area contributed by atoms with Gasteiger partial charge in [0.15, 0.2) is 0 Å². The molecule has 0 aliphatic heterocycles. The predicted octanol–water partition coefficient (Wildman–Crippen LogP) is 8.27. The molecule has 7 heteroatoms. The van der Waals surface area contributed by atoms with E-state index in [0.717, 1.165) is 37.1 Å². The third-order valence-electron chi connectivity index (χ3n) is 5.81. The average molecular weight is 564 g/mol. The largest absolute Gasteiger partial charge is 0.308 e. The summed E-state index contributed by atoms with van der Waals surface area (Å²) in [6.07, 6.45) is 16.9. The maximum atomic E-state index is 6.05. The van der Waals surface area contributed by atoms with Crippen LogP contribution in [0.4, 0.5) is 0 Å². The lowest BCUT2D eigenvalue weighted by Gasteiger charge is -2.37. The van der Waals surface area contributed by atoms with Gasteiger partial charge in [-0.1, -0.05) is 74.7 Å². The Hall–Kier alpha value is -0.620. The molecule has 2 N–H and O–H groups in total. The van der Waals surface area contributed by atoms with Crippen LogP contribution in [-0.2, 0) is 0 Å². The van der Waals surface area contributed by atoms with Gasteiger partial charge < -0.3 is 5.32 Å². The Morgan fingerprint density at radius 2 is 1.83 bits per heavy atom. The number of nitrogens with zero attached hydrogens (tertiary/aromatic N) is 2. The van der Waals surface area contributed by atoms with Gasteiger partial charge in [-0.15, -0.1) is 11.6 Å². The Morgan fingerprint density at radius 1 is 1.17 bits per heavy atom. The van der Waals surface area contributed by atoms with Crippen LogP contribution in [0.1, 0.15) is 81.1 Å². The van der Waals surface area contributed by atoms with E-state index in [0.29, 0.717) is 11.9 Å². The van der Waals surface area contributed by atoms with Crippen molar-refractivity contribution in [1.29, 1.82) is 0 Å². The van der Waals surface area contributed by atoms with Gasteiger partial charge in [-0.2, -0.15) is 0 Å². The van der Waals surface area contributed by atoms with Crippen molar-refractivity contribution in [1.82, 2.24) is 15.5 Å². The van der Waals surface area contributed by atoms with E-state index in [1.807, 2.05) is 39.1 Å². The molecule has 1 saturated carbocycles. The third-order valence-corrected chi connectivity index (χ3v) is 6.51. The van der Waals surface area contributed by atoms with Crippen molar-refractivity contribution in [2.75, 3.05) is 25.5 Å². The third kappa shape index (κ3) is 20.4. The van der Waals surface area contributed by atoms with Gasteiger partial charge in [-0.05, 0) is 72.1 Å². The van der Waals surface area contributed by atoms with Gasteiger partial charge in [-0.3, -0.25) is 15.2 Å². The van der Waals surface area contributed by atoms with Crippen molar-refractivity contribution in [3.8, 4) is 0 Å². The molecule has 0 aromatic heterocycles. The highest BCUT2D eigenvalue weighted by molar-refractivity contribution is 6.31. The molecule has 1 aliphatic rings. The molecular formula is C29H53Cl3N4. The van der Waals surface area contributed by atoms with E-state index in [-0.39, 0.29) is 12.2 Å². The molecule has 1 rings (SSSR count). The van der Waals surface area contributed by atoms with Crippen molar-refractivity contribution in [2.24, 2.45) is 4.99 Å². The minimum Gasteiger partial charge on any atom is -0.308 e. The van der Waals surface area contributed by atoms with Crippen LogP contribution >= 0.6 is 34.8 Å². The monoisotopic (exact) mass is 562 g/mol. The standard InChI is InChI=1S/C24H43ClN4.C3H4Cl2.C2H6/c1-7-19(4)18-27-24(26-15-16-29(9-3)23-11-10-12-23)17-21(6)28-20(5)13-14-22(25)8-2;4-2-1-3-5;1-2/h7-8,13-14,18,20-21,23-24,26,28H,9-12,15-17H2,1-6H3;1-2H,3H2;1-2H3/b14-13-,19-7+,22-8+,27-18+;2-1+;. The summed E-state index contributed by atoms with van der Waals surface area (Å²) in [4.78, 5) is 7.42. The lowest BCUT2D eigenvalue weighted by molar-refractivity contribution is 0.133. The topological polar surface area (TPSA) is 39.7 Å². The normalized spacial score (nSPS) is 17.6. The second-order valence-electron chi connectivity index (χ2n) is 8.63. The quantitative estimate of drug-likeness (QED) is 0.120. The van der Waals surface area contributed by atoms with E-state index in [2.05, 4.69) is 62.3 Å². The van der Waals surface area contributed by atoms with Crippen molar-refractivity contribution in [2.45, 2.75) is 105 Å². The fourth-order valence-electron chi connectivity index (χ4n) is 3.48. The molecule has 3 unspecified atom stereocenters. The minimum atomic E-state index is 0.114. The Labute approximate surface area is 238 Å². The number of aliphatic imine (C=N–C) groups is 1. The zero-order chi connectivity index (χ0) is 27.8. The fraction of sp³-hybridized carbons (Fsp3) is 0.690. The minimum absolute atomic E-state index is 0.114. The Morgan fingerprint density at radius 3 is 2.28 bits per heavy atom. The number of likely N-dealkylation sites (N-methyl/N-ethyl adjacent to an activating group) is 1. The highest BCUT2D eigenvalue weighted by atomic mass is 35.5. The van der Waals surface area contributed by atoms with Crippen LogP contribution in [0.2, 0.25) is 0 Å². The van der Waals surface area contributed by atoms with Gasteiger partial charge in [0.25, 0.3) is 0 Å². The molecule has 210 valence electrons. The zero-order valence-electron chi connectivity index (χ0n) is 24.0. The van der Waals surface area contributed by atoms with Crippen molar-refractivity contribution in [3.05, 3.63) is 46.5 Å². The first kappa shape index (κ1) is 37.5. The molecule has 0 saturated heterocycles. The van der Waals surface area contributed by atoms with Crippen LogP contribution in [-0.4, -0.2) is 60.9 Å². The summed E-state index contributed by atoms with van der Waals surface area (Å²) in [6, 6.07) is 1.40. The van der Waals surface area contributed by atoms with Crippen LogP contribution in [0, 0.1) is 0 Å². The summed E-state index contributed by atoms with van der Waals surface area (Å²) < 4.78 is 0. The SMILES string of the molecule is C/C=C(Cl)\C=C/C(C)NC(C)CC(/N=C/C(C)=C/C)NCCN(CC)C1CCC1.CC.Cl/C=C/CCl. The summed E-state index contributed by atoms with van der Waals surface area (Å²) in [6.45, 7) is 19.9. The van der Waals surface area contributed by atoms with Crippen LogP contribution in [0.5, 0.6) is 0 Å². The van der Waals surface area contributed by atoms with Gasteiger partial charge >= 0.3 is 0 Å². The van der Waals surface area contributed by atoms with Crippen molar-refractivity contribution in [3.63, 3.8) is 0 Å². The van der Waals surface area contributed by atoms with Crippen LogP contribution < -0.4 is 10.6 Å². The molecule has 1 aliphatic carbocycles. The molecule has 4 nitrogen and oxygen atoms in total. The zero-order valence-corrected chi connectivity index (χ0v) is 26.3. The first-order chi connectivity index (χ1) is 17.3. The molecule has 0 aromatic carbocycles. The van der Waals surface area contributed by atoms with E-state index in [1.165, 1.54) is 30.4 Å². The van der Waals surface area contributed by atoms with Gasteiger partial charge in [0.1, 0.15) is 6.17 Å². The van der Waals surface area contributed by atoms with Crippen LogP contribution in [0.15, 0.2) is 51.5 Å². The Kier molecular flexibility index (Phi) is 27.1. The van der Waals surface area contributed by atoms with E-state index in [1.54, 1.807) is 6.08 Å². The van der Waals surface area contributed by atoms with Gasteiger partial charge in [-0.25, -0.2) is 0 Å². The molecule has 0 heterocycles. The number of allylic oxidation sites excluding steroid dienone is 6. The molecule has 0 radical (unpaired) electrons. The molecule has 0 spiro atoms.